The monoisotopic (exact) mass is 323 g/mol. The Kier molecular flexibility index (Phi) is 6.86. The number of thioether (sulfide) groups is 1. The van der Waals surface area contributed by atoms with Gasteiger partial charge in [0.05, 0.1) is 17.2 Å². The zero-order valence-electron chi connectivity index (χ0n) is 10.6. The fourth-order valence-corrected chi connectivity index (χ4v) is 1.82. The summed E-state index contributed by atoms with van der Waals surface area (Å²) in [5, 5.41) is 10.8. The van der Waals surface area contributed by atoms with Gasteiger partial charge >= 0.3 is 5.97 Å². The maximum absolute atomic E-state index is 13.1. The lowest BCUT2D eigenvalue weighted by atomic mass is 10.3. The Morgan fingerprint density at radius 1 is 1.33 bits per heavy atom. The normalized spacial score (nSPS) is 10.5. The molecule has 1 aromatic rings. The van der Waals surface area contributed by atoms with E-state index >= 15 is 0 Å². The summed E-state index contributed by atoms with van der Waals surface area (Å²) in [7, 11) is 0. The predicted molar refractivity (Wildman–Crippen MR) is 71.5 cm³/mol. The van der Waals surface area contributed by atoms with Crippen molar-refractivity contribution in [1.29, 1.82) is 0 Å². The van der Waals surface area contributed by atoms with Crippen molar-refractivity contribution in [3.63, 3.8) is 0 Å². The molecule has 0 aromatic heterocycles. The third kappa shape index (κ3) is 6.89. The Bertz CT molecular complexity index is 513. The topological polar surface area (TPSA) is 75.6 Å². The van der Waals surface area contributed by atoms with Crippen LogP contribution in [0, 0.1) is 5.82 Å². The van der Waals surface area contributed by atoms with Gasteiger partial charge in [0.15, 0.2) is 0 Å². The lowest BCUT2D eigenvalue weighted by Crippen LogP contribution is -2.17. The van der Waals surface area contributed by atoms with Crippen molar-refractivity contribution in [2.75, 3.05) is 23.4 Å². The summed E-state index contributed by atoms with van der Waals surface area (Å²) in [4.78, 5) is 21.8. The molecule has 0 unspecified atom stereocenters. The number of ether oxygens (including phenoxy) is 1. The summed E-state index contributed by atoms with van der Waals surface area (Å²) in [6.45, 7) is -0.930. The van der Waals surface area contributed by atoms with Crippen LogP contribution < -0.4 is 10.1 Å². The number of anilines is 1. The Hall–Kier alpha value is -1.90. The van der Waals surface area contributed by atoms with E-state index in [-0.39, 0.29) is 22.9 Å². The van der Waals surface area contributed by atoms with Crippen molar-refractivity contribution in [1.82, 2.24) is 0 Å². The summed E-state index contributed by atoms with van der Waals surface area (Å²) in [6.07, 6.45) is -2.73. The highest BCUT2D eigenvalue weighted by atomic mass is 32.2. The van der Waals surface area contributed by atoms with Crippen LogP contribution >= 0.6 is 11.8 Å². The van der Waals surface area contributed by atoms with Gasteiger partial charge in [-0.15, -0.1) is 11.8 Å². The largest absolute Gasteiger partial charge is 0.485 e. The number of halogens is 3. The highest BCUT2D eigenvalue weighted by Crippen LogP contribution is 2.26. The highest BCUT2D eigenvalue weighted by molar-refractivity contribution is 8.00. The van der Waals surface area contributed by atoms with Gasteiger partial charge < -0.3 is 15.2 Å². The van der Waals surface area contributed by atoms with Crippen molar-refractivity contribution in [2.45, 2.75) is 6.43 Å². The molecule has 0 fully saturated rings. The van der Waals surface area contributed by atoms with E-state index in [2.05, 4.69) is 5.32 Å². The van der Waals surface area contributed by atoms with Gasteiger partial charge in [-0.25, -0.2) is 13.2 Å². The van der Waals surface area contributed by atoms with Gasteiger partial charge in [0.2, 0.25) is 5.91 Å². The number of hydrogen-bond acceptors (Lipinski definition) is 4. The number of carboxylic acids is 1. The molecule has 5 nitrogen and oxygen atoms in total. The van der Waals surface area contributed by atoms with Crippen molar-refractivity contribution >= 4 is 29.3 Å². The number of carbonyl (C=O) groups excluding carboxylic acids is 1. The van der Waals surface area contributed by atoms with Gasteiger partial charge in [-0.2, -0.15) is 0 Å². The van der Waals surface area contributed by atoms with Crippen LogP contribution in [0.2, 0.25) is 0 Å². The second-order valence-electron chi connectivity index (χ2n) is 3.78. The number of aliphatic carboxylic acids is 1. The predicted octanol–water partition coefficient (Wildman–Crippen LogP) is 2.23. The van der Waals surface area contributed by atoms with Gasteiger partial charge in [-0.05, 0) is 12.1 Å². The fraction of sp³-hybridized carbons (Fsp3) is 0.333. The minimum Gasteiger partial charge on any atom is -0.485 e. The first kappa shape index (κ1) is 17.2. The zero-order valence-corrected chi connectivity index (χ0v) is 11.5. The summed E-state index contributed by atoms with van der Waals surface area (Å²) >= 11 is 0.869. The summed E-state index contributed by atoms with van der Waals surface area (Å²) < 4.78 is 42.0. The quantitative estimate of drug-likeness (QED) is 0.767. The molecule has 0 atom stereocenters. The molecule has 0 aliphatic carbocycles. The Morgan fingerprint density at radius 2 is 2.05 bits per heavy atom. The number of nitrogens with one attached hydrogen (secondary N) is 1. The Morgan fingerprint density at radius 3 is 2.67 bits per heavy atom. The zero-order chi connectivity index (χ0) is 15.8. The van der Waals surface area contributed by atoms with Crippen LogP contribution in [0.1, 0.15) is 0 Å². The number of carboxylic acid groups (broad SMARTS) is 1. The van der Waals surface area contributed by atoms with E-state index in [9.17, 15) is 22.8 Å². The van der Waals surface area contributed by atoms with Crippen LogP contribution in [0.15, 0.2) is 18.2 Å². The highest BCUT2D eigenvalue weighted by Gasteiger charge is 2.12. The molecule has 0 heterocycles. The smallest absolute Gasteiger partial charge is 0.313 e. The standard InChI is InChI=1S/C12H12F3NO4S/c13-7-1-2-8(9(3-7)20-4-10(14)15)16-11(17)5-21-6-12(18)19/h1-3,10H,4-6H2,(H,16,17)(H,18,19). The van der Waals surface area contributed by atoms with Crippen LogP contribution in [-0.2, 0) is 9.59 Å². The number of rotatable bonds is 8. The van der Waals surface area contributed by atoms with E-state index in [0.29, 0.717) is 0 Å². The molecule has 0 radical (unpaired) electrons. The van der Waals surface area contributed by atoms with Crippen LogP contribution in [0.4, 0.5) is 18.9 Å². The summed E-state index contributed by atoms with van der Waals surface area (Å²) in [5.74, 6) is -2.90. The van der Waals surface area contributed by atoms with E-state index in [0.717, 1.165) is 23.9 Å². The first-order chi connectivity index (χ1) is 9.88. The van der Waals surface area contributed by atoms with Gasteiger partial charge in [-0.1, -0.05) is 0 Å². The van der Waals surface area contributed by atoms with Crippen molar-refractivity contribution in [3.8, 4) is 5.75 Å². The molecule has 0 bridgehead atoms. The number of amides is 1. The number of benzene rings is 1. The summed E-state index contributed by atoms with van der Waals surface area (Å²) in [5.41, 5.74) is 0.0398. The van der Waals surface area contributed by atoms with Crippen LogP contribution in [0.25, 0.3) is 0 Å². The summed E-state index contributed by atoms with van der Waals surface area (Å²) in [6, 6.07) is 3.09. The molecule has 0 saturated heterocycles. The number of hydrogen-bond donors (Lipinski definition) is 2. The van der Waals surface area contributed by atoms with E-state index in [1.54, 1.807) is 0 Å². The lowest BCUT2D eigenvalue weighted by Gasteiger charge is -2.12. The van der Waals surface area contributed by atoms with E-state index < -0.39 is 30.7 Å². The average Bonchev–Trinajstić information content (AvgIpc) is 2.38. The average molecular weight is 323 g/mol. The molecule has 116 valence electrons. The van der Waals surface area contributed by atoms with Crippen LogP contribution in [0.3, 0.4) is 0 Å². The third-order valence-electron chi connectivity index (χ3n) is 2.04. The fourth-order valence-electron chi connectivity index (χ4n) is 1.29. The van der Waals surface area contributed by atoms with E-state index in [4.69, 9.17) is 9.84 Å². The lowest BCUT2D eigenvalue weighted by molar-refractivity contribution is -0.133. The molecule has 2 N–H and O–H groups in total. The van der Waals surface area contributed by atoms with Crippen molar-refractivity contribution in [3.05, 3.63) is 24.0 Å². The molecular weight excluding hydrogens is 311 g/mol. The van der Waals surface area contributed by atoms with Crippen LogP contribution in [-0.4, -0.2) is 41.5 Å². The van der Waals surface area contributed by atoms with Crippen molar-refractivity contribution < 1.29 is 32.6 Å². The molecule has 21 heavy (non-hydrogen) atoms. The first-order valence-corrected chi connectivity index (χ1v) is 6.84. The minimum absolute atomic E-state index is 0.0398. The molecule has 1 rings (SSSR count). The molecule has 0 spiro atoms. The van der Waals surface area contributed by atoms with E-state index in [1.807, 2.05) is 0 Å². The van der Waals surface area contributed by atoms with Crippen LogP contribution in [0.5, 0.6) is 5.75 Å². The molecule has 0 aliphatic rings. The second-order valence-corrected chi connectivity index (χ2v) is 4.76. The number of carbonyl (C=O) groups is 2. The van der Waals surface area contributed by atoms with E-state index in [1.165, 1.54) is 6.07 Å². The maximum atomic E-state index is 13.1. The molecular formula is C12H12F3NO4S. The maximum Gasteiger partial charge on any atom is 0.313 e. The second kappa shape index (κ2) is 8.40. The molecule has 0 saturated carbocycles. The molecule has 1 amide bonds. The SMILES string of the molecule is O=C(O)CSCC(=O)Nc1ccc(F)cc1OCC(F)F. The molecule has 9 heteroatoms. The molecule has 1 aromatic carbocycles. The van der Waals surface area contributed by atoms with Gasteiger partial charge in [0.25, 0.3) is 6.43 Å². The number of alkyl halides is 2. The first-order valence-electron chi connectivity index (χ1n) is 5.68. The molecule has 0 aliphatic heterocycles. The Labute approximate surface area is 122 Å². The Balaban J connectivity index is 2.64. The third-order valence-corrected chi connectivity index (χ3v) is 2.96. The minimum atomic E-state index is -2.73. The van der Waals surface area contributed by atoms with Gasteiger partial charge in [0.1, 0.15) is 18.2 Å². The van der Waals surface area contributed by atoms with Crippen molar-refractivity contribution in [2.24, 2.45) is 0 Å². The van der Waals surface area contributed by atoms with Gasteiger partial charge in [0, 0.05) is 6.07 Å². The van der Waals surface area contributed by atoms with Gasteiger partial charge in [-0.3, -0.25) is 9.59 Å².